The molecule has 0 aliphatic rings. The number of anilines is 1. The largest absolute Gasteiger partial charge is 0.279 e. The van der Waals surface area contributed by atoms with Crippen LogP contribution in [0.25, 0.3) is 11.1 Å². The van der Waals surface area contributed by atoms with Crippen molar-refractivity contribution in [3.05, 3.63) is 59.0 Å². The fraction of sp³-hybridized carbons (Fsp3) is 0.0667. The van der Waals surface area contributed by atoms with Crippen LogP contribution in [-0.4, -0.2) is 11.2 Å². The summed E-state index contributed by atoms with van der Waals surface area (Å²) in [6.07, 6.45) is 8.35. The summed E-state index contributed by atoms with van der Waals surface area (Å²) in [5, 5.41) is 4.14. The highest BCUT2D eigenvalue weighted by Gasteiger charge is 1.96. The molecule has 4 heteroatoms. The molecular weight excluding hydrogens is 349 g/mol. The van der Waals surface area contributed by atoms with Gasteiger partial charge in [-0.3, -0.25) is 10.4 Å². The number of hydrogen-bond acceptors (Lipinski definition) is 3. The zero-order valence-electron chi connectivity index (χ0n) is 10.3. The van der Waals surface area contributed by atoms with Gasteiger partial charge in [0.2, 0.25) is 0 Å². The summed E-state index contributed by atoms with van der Waals surface area (Å²) in [7, 11) is 0. The summed E-state index contributed by atoms with van der Waals surface area (Å²) in [4.78, 5) is 4.12. The predicted molar refractivity (Wildman–Crippen MR) is 89.6 cm³/mol. The van der Waals surface area contributed by atoms with Crippen LogP contribution in [0.3, 0.4) is 0 Å². The monoisotopic (exact) mass is 363 g/mol. The Labute approximate surface area is 126 Å². The van der Waals surface area contributed by atoms with E-state index in [0.29, 0.717) is 0 Å². The van der Waals surface area contributed by atoms with Gasteiger partial charge in [0.15, 0.2) is 0 Å². The average molecular weight is 363 g/mol. The van der Waals surface area contributed by atoms with Gasteiger partial charge >= 0.3 is 0 Å². The van der Waals surface area contributed by atoms with E-state index in [1.165, 1.54) is 0 Å². The summed E-state index contributed by atoms with van der Waals surface area (Å²) in [5.74, 6) is 0. The van der Waals surface area contributed by atoms with Crippen molar-refractivity contribution in [2.45, 2.75) is 6.42 Å². The van der Waals surface area contributed by atoms with Crippen molar-refractivity contribution >= 4 is 34.5 Å². The predicted octanol–water partition coefficient (Wildman–Crippen LogP) is 4.49. The summed E-state index contributed by atoms with van der Waals surface area (Å²) < 4.78 is 1.98. The lowest BCUT2D eigenvalue weighted by atomic mass is 10.1. The highest BCUT2D eigenvalue weighted by molar-refractivity contribution is 14.1. The molecule has 0 aliphatic carbocycles. The summed E-state index contributed by atoms with van der Waals surface area (Å²) in [6.45, 7) is 0. The third-order valence-electron chi connectivity index (χ3n) is 2.50. The van der Waals surface area contributed by atoms with E-state index in [1.54, 1.807) is 6.20 Å². The molecule has 1 aromatic heterocycles. The maximum absolute atomic E-state index is 4.14. The number of aromatic nitrogens is 1. The Morgan fingerprint density at radius 2 is 2.00 bits per heavy atom. The molecule has 1 heterocycles. The normalized spacial score (nSPS) is 11.2. The Balaban J connectivity index is 1.97. The minimum absolute atomic E-state index is 0.837. The van der Waals surface area contributed by atoms with E-state index >= 15 is 0 Å². The average Bonchev–Trinajstić information content (AvgIpc) is 2.49. The molecule has 96 valence electrons. The first kappa shape index (κ1) is 13.7. The molecule has 0 aliphatic heterocycles. The van der Waals surface area contributed by atoms with Gasteiger partial charge in [-0.05, 0) is 33.4 Å². The van der Waals surface area contributed by atoms with Crippen LogP contribution in [-0.2, 0) is 0 Å². The number of pyridine rings is 1. The number of allylic oxidation sites excluding steroid dienone is 1. The minimum Gasteiger partial charge on any atom is -0.279 e. The van der Waals surface area contributed by atoms with Gasteiger partial charge in [-0.15, -0.1) is 0 Å². The summed E-state index contributed by atoms with van der Waals surface area (Å²) in [6, 6.07) is 12.1. The number of hydrogen-bond donors (Lipinski definition) is 1. The zero-order chi connectivity index (χ0) is 13.3. The van der Waals surface area contributed by atoms with Gasteiger partial charge in [0.25, 0.3) is 0 Å². The van der Waals surface area contributed by atoms with Crippen LogP contribution >= 0.6 is 22.6 Å². The molecule has 0 saturated carbocycles. The van der Waals surface area contributed by atoms with E-state index < -0.39 is 0 Å². The van der Waals surface area contributed by atoms with E-state index in [9.17, 15) is 0 Å². The minimum atomic E-state index is 0.837. The van der Waals surface area contributed by atoms with E-state index in [-0.39, 0.29) is 0 Å². The molecule has 0 saturated heterocycles. The second-order valence-electron chi connectivity index (χ2n) is 3.84. The molecule has 0 unspecified atom stereocenters. The van der Waals surface area contributed by atoms with Crippen molar-refractivity contribution in [2.75, 3.05) is 5.43 Å². The SMILES string of the molecule is IC=CCC=NNc1ccc(-c2cccnc2)cc1. The number of nitrogens with one attached hydrogen (secondary N) is 1. The molecule has 0 fully saturated rings. The molecular formula is C15H14IN3. The van der Waals surface area contributed by atoms with E-state index in [4.69, 9.17) is 0 Å². The Morgan fingerprint density at radius 3 is 2.68 bits per heavy atom. The van der Waals surface area contributed by atoms with Crippen molar-refractivity contribution in [3.63, 3.8) is 0 Å². The smallest absolute Gasteiger partial charge is 0.0562 e. The molecule has 3 nitrogen and oxygen atoms in total. The maximum atomic E-state index is 4.14. The zero-order valence-corrected chi connectivity index (χ0v) is 12.5. The highest BCUT2D eigenvalue weighted by Crippen LogP contribution is 2.20. The number of benzene rings is 1. The quantitative estimate of drug-likeness (QED) is 0.483. The molecule has 0 atom stereocenters. The number of nitrogens with zero attached hydrogens (tertiary/aromatic N) is 2. The van der Waals surface area contributed by atoms with Gasteiger partial charge in [-0.1, -0.05) is 46.9 Å². The van der Waals surface area contributed by atoms with Crippen molar-refractivity contribution in [1.29, 1.82) is 0 Å². The van der Waals surface area contributed by atoms with Gasteiger partial charge in [-0.25, -0.2) is 0 Å². The second kappa shape index (κ2) is 7.68. The van der Waals surface area contributed by atoms with Crippen LogP contribution in [0.2, 0.25) is 0 Å². The van der Waals surface area contributed by atoms with Gasteiger partial charge in [-0.2, -0.15) is 5.10 Å². The van der Waals surface area contributed by atoms with Gasteiger partial charge in [0.05, 0.1) is 5.69 Å². The first-order chi connectivity index (χ1) is 9.40. The number of rotatable bonds is 5. The number of halogens is 1. The van der Waals surface area contributed by atoms with Crippen LogP contribution in [0.15, 0.2) is 64.1 Å². The molecule has 0 bridgehead atoms. The Morgan fingerprint density at radius 1 is 1.16 bits per heavy atom. The standard InChI is InChI=1S/C15H14IN3/c16-9-1-2-11-18-19-15-7-5-13(6-8-15)14-4-3-10-17-12-14/h1,3-12,19H,2H2. The van der Waals surface area contributed by atoms with Crippen LogP contribution < -0.4 is 5.43 Å². The topological polar surface area (TPSA) is 37.3 Å². The molecule has 1 N–H and O–H groups in total. The number of hydrazone groups is 1. The summed E-state index contributed by atoms with van der Waals surface area (Å²) in [5.41, 5.74) is 6.24. The Kier molecular flexibility index (Phi) is 5.55. The summed E-state index contributed by atoms with van der Waals surface area (Å²) >= 11 is 2.19. The van der Waals surface area contributed by atoms with Crippen LogP contribution in [0, 0.1) is 0 Å². The van der Waals surface area contributed by atoms with Crippen molar-refractivity contribution in [2.24, 2.45) is 5.10 Å². The van der Waals surface area contributed by atoms with Crippen molar-refractivity contribution in [3.8, 4) is 11.1 Å². The van der Waals surface area contributed by atoms with Crippen molar-refractivity contribution < 1.29 is 0 Å². The van der Waals surface area contributed by atoms with Crippen LogP contribution in [0.5, 0.6) is 0 Å². The molecule has 0 spiro atoms. The van der Waals surface area contributed by atoms with Crippen LogP contribution in [0.4, 0.5) is 5.69 Å². The van der Waals surface area contributed by atoms with Crippen molar-refractivity contribution in [1.82, 2.24) is 4.98 Å². The van der Waals surface area contributed by atoms with Gasteiger partial charge < -0.3 is 0 Å². The first-order valence-corrected chi connectivity index (χ1v) is 7.18. The molecule has 1 aromatic carbocycles. The maximum Gasteiger partial charge on any atom is 0.0562 e. The van der Waals surface area contributed by atoms with E-state index in [1.807, 2.05) is 46.8 Å². The third-order valence-corrected chi connectivity index (χ3v) is 3.00. The molecule has 0 amide bonds. The fourth-order valence-corrected chi connectivity index (χ4v) is 1.85. The molecule has 19 heavy (non-hydrogen) atoms. The van der Waals surface area contributed by atoms with E-state index in [0.717, 1.165) is 23.2 Å². The van der Waals surface area contributed by atoms with E-state index in [2.05, 4.69) is 50.2 Å². The molecule has 2 aromatic rings. The second-order valence-corrected chi connectivity index (χ2v) is 4.56. The highest BCUT2D eigenvalue weighted by atomic mass is 127. The lowest BCUT2D eigenvalue weighted by Gasteiger charge is -2.03. The Bertz CT molecular complexity index is 547. The fourth-order valence-electron chi connectivity index (χ4n) is 1.56. The lowest BCUT2D eigenvalue weighted by Crippen LogP contribution is -1.88. The van der Waals surface area contributed by atoms with Crippen LogP contribution in [0.1, 0.15) is 6.42 Å². The molecule has 2 rings (SSSR count). The lowest BCUT2D eigenvalue weighted by molar-refractivity contribution is 1.32. The first-order valence-electron chi connectivity index (χ1n) is 5.93. The third kappa shape index (κ3) is 4.48. The Hall–Kier alpha value is -1.69. The van der Waals surface area contributed by atoms with Gasteiger partial charge in [0, 0.05) is 25.0 Å². The van der Waals surface area contributed by atoms with Gasteiger partial charge in [0.1, 0.15) is 0 Å². The molecule has 0 radical (unpaired) electrons.